The average molecular weight is 293 g/mol. The molecule has 0 spiro atoms. The molecule has 122 valence electrons. The Bertz CT molecular complexity index is 262. The third-order valence-corrected chi connectivity index (χ3v) is 4.02. The summed E-state index contributed by atoms with van der Waals surface area (Å²) in [5.41, 5.74) is 0. The van der Waals surface area contributed by atoms with Gasteiger partial charge < -0.3 is 5.11 Å². The van der Waals surface area contributed by atoms with Gasteiger partial charge >= 0.3 is 0 Å². The minimum absolute atomic E-state index is 0.353. The highest BCUT2D eigenvalue weighted by Crippen LogP contribution is 2.13. The fraction of sp³-hybridized carbons (Fsp3) is 0.800. The molecule has 0 aromatic heterocycles. The molecule has 21 heavy (non-hydrogen) atoms. The molecule has 1 unspecified atom stereocenters. The van der Waals surface area contributed by atoms with Crippen molar-refractivity contribution in [3.05, 3.63) is 12.2 Å². The van der Waals surface area contributed by atoms with Gasteiger partial charge in [-0.1, -0.05) is 96.3 Å². The number of hydrogen-bond acceptors (Lipinski definition) is 1. The van der Waals surface area contributed by atoms with E-state index in [0.29, 0.717) is 0 Å². The SMILES string of the molecule is C#C/C=C\C(O)CCCCCCCCCCCCCCC. The van der Waals surface area contributed by atoms with Crippen LogP contribution < -0.4 is 0 Å². The smallest absolute Gasteiger partial charge is 0.0730 e. The second-order valence-electron chi connectivity index (χ2n) is 6.12. The van der Waals surface area contributed by atoms with E-state index in [9.17, 15) is 5.11 Å². The molecule has 0 fully saturated rings. The number of allylic oxidation sites excluding steroid dienone is 1. The van der Waals surface area contributed by atoms with Crippen LogP contribution in [0.3, 0.4) is 0 Å². The van der Waals surface area contributed by atoms with E-state index in [4.69, 9.17) is 6.42 Å². The number of terminal acetylenes is 1. The van der Waals surface area contributed by atoms with Crippen molar-refractivity contribution >= 4 is 0 Å². The summed E-state index contributed by atoms with van der Waals surface area (Å²) in [5.74, 6) is 2.41. The molecule has 0 aliphatic heterocycles. The summed E-state index contributed by atoms with van der Waals surface area (Å²) in [4.78, 5) is 0. The van der Waals surface area contributed by atoms with E-state index in [2.05, 4.69) is 12.8 Å². The summed E-state index contributed by atoms with van der Waals surface area (Å²) >= 11 is 0. The average Bonchev–Trinajstić information content (AvgIpc) is 2.49. The Hall–Kier alpha value is -0.740. The van der Waals surface area contributed by atoms with Gasteiger partial charge in [-0.05, 0) is 18.6 Å². The lowest BCUT2D eigenvalue weighted by molar-refractivity contribution is 0.208. The molecule has 0 heterocycles. The van der Waals surface area contributed by atoms with Crippen molar-refractivity contribution in [2.45, 2.75) is 103 Å². The summed E-state index contributed by atoms with van der Waals surface area (Å²) in [5, 5.41) is 9.58. The molecule has 0 aromatic carbocycles. The fourth-order valence-corrected chi connectivity index (χ4v) is 2.63. The monoisotopic (exact) mass is 292 g/mol. The van der Waals surface area contributed by atoms with E-state index < -0.39 is 0 Å². The van der Waals surface area contributed by atoms with Crippen LogP contribution in [-0.2, 0) is 0 Å². The summed E-state index contributed by atoms with van der Waals surface area (Å²) in [6, 6.07) is 0. The first kappa shape index (κ1) is 20.3. The largest absolute Gasteiger partial charge is 0.389 e. The maximum Gasteiger partial charge on any atom is 0.0730 e. The third-order valence-electron chi connectivity index (χ3n) is 4.02. The summed E-state index contributed by atoms with van der Waals surface area (Å²) < 4.78 is 0. The Balaban J connectivity index is 3.09. The van der Waals surface area contributed by atoms with Crippen LogP contribution in [0.15, 0.2) is 12.2 Å². The summed E-state index contributed by atoms with van der Waals surface area (Å²) in [6.45, 7) is 2.27. The highest BCUT2D eigenvalue weighted by atomic mass is 16.3. The Morgan fingerprint density at radius 3 is 1.67 bits per heavy atom. The van der Waals surface area contributed by atoms with Gasteiger partial charge in [0.15, 0.2) is 0 Å². The minimum Gasteiger partial charge on any atom is -0.389 e. The van der Waals surface area contributed by atoms with Gasteiger partial charge in [-0.15, -0.1) is 6.42 Å². The highest BCUT2D eigenvalue weighted by Gasteiger charge is 1.98. The molecule has 0 aliphatic carbocycles. The van der Waals surface area contributed by atoms with Crippen molar-refractivity contribution < 1.29 is 5.11 Å². The molecule has 1 nitrogen and oxygen atoms in total. The van der Waals surface area contributed by atoms with Gasteiger partial charge in [0.2, 0.25) is 0 Å². The normalized spacial score (nSPS) is 12.6. The molecule has 1 heteroatoms. The maximum absolute atomic E-state index is 9.58. The van der Waals surface area contributed by atoms with Crippen molar-refractivity contribution in [2.75, 3.05) is 0 Å². The van der Waals surface area contributed by atoms with E-state index in [1.807, 2.05) is 0 Å². The summed E-state index contributed by atoms with van der Waals surface area (Å²) in [7, 11) is 0. The standard InChI is InChI=1S/C20H36O/c1-3-5-7-8-9-10-11-12-13-14-15-16-17-19-20(21)18-6-4-2/h2,6,18,20-21H,3,5,7-17,19H2,1H3/b18-6-. The quantitative estimate of drug-likeness (QED) is 0.289. The molecule has 1 atom stereocenters. The first-order valence-electron chi connectivity index (χ1n) is 9.12. The second-order valence-corrected chi connectivity index (χ2v) is 6.12. The zero-order chi connectivity index (χ0) is 15.6. The summed E-state index contributed by atoms with van der Waals surface area (Å²) in [6.07, 6.45) is 26.6. The molecule has 0 saturated heterocycles. The van der Waals surface area contributed by atoms with Gasteiger partial charge in [-0.2, -0.15) is 0 Å². The maximum atomic E-state index is 9.58. The molecular weight excluding hydrogens is 256 g/mol. The Kier molecular flexibility index (Phi) is 16.7. The molecule has 1 N–H and O–H groups in total. The number of hydrogen-bond donors (Lipinski definition) is 1. The molecule has 0 rings (SSSR count). The van der Waals surface area contributed by atoms with Crippen molar-refractivity contribution in [2.24, 2.45) is 0 Å². The molecule has 0 aromatic rings. The highest BCUT2D eigenvalue weighted by molar-refractivity contribution is 5.10. The van der Waals surface area contributed by atoms with Crippen molar-refractivity contribution in [3.8, 4) is 12.3 Å². The van der Waals surface area contributed by atoms with Gasteiger partial charge in [0.1, 0.15) is 0 Å². The first-order valence-corrected chi connectivity index (χ1v) is 9.12. The Morgan fingerprint density at radius 2 is 1.24 bits per heavy atom. The van der Waals surface area contributed by atoms with E-state index >= 15 is 0 Å². The van der Waals surface area contributed by atoms with Crippen LogP contribution in [0, 0.1) is 12.3 Å². The van der Waals surface area contributed by atoms with Crippen molar-refractivity contribution in [3.63, 3.8) is 0 Å². The number of rotatable bonds is 15. The number of aliphatic hydroxyl groups excluding tert-OH is 1. The number of unbranched alkanes of at least 4 members (excludes halogenated alkanes) is 12. The molecular formula is C20H36O. The predicted molar refractivity (Wildman–Crippen MR) is 94.3 cm³/mol. The molecule has 0 radical (unpaired) electrons. The van der Waals surface area contributed by atoms with Crippen LogP contribution in [0.4, 0.5) is 0 Å². The van der Waals surface area contributed by atoms with Gasteiger partial charge in [-0.3, -0.25) is 0 Å². The zero-order valence-electron chi connectivity index (χ0n) is 14.2. The molecule has 0 aliphatic rings. The van der Waals surface area contributed by atoms with Crippen LogP contribution >= 0.6 is 0 Å². The first-order chi connectivity index (χ1) is 10.3. The van der Waals surface area contributed by atoms with E-state index in [0.717, 1.165) is 12.8 Å². The van der Waals surface area contributed by atoms with Crippen LogP contribution in [0.2, 0.25) is 0 Å². The van der Waals surface area contributed by atoms with E-state index in [1.165, 1.54) is 77.0 Å². The molecule has 0 amide bonds. The predicted octanol–water partition coefficient (Wildman–Crippen LogP) is 6.02. The third kappa shape index (κ3) is 17.2. The van der Waals surface area contributed by atoms with Crippen LogP contribution in [0.5, 0.6) is 0 Å². The van der Waals surface area contributed by atoms with Gasteiger partial charge in [0, 0.05) is 0 Å². The van der Waals surface area contributed by atoms with E-state index in [1.54, 1.807) is 12.2 Å². The lowest BCUT2D eigenvalue weighted by Crippen LogP contribution is -2.01. The van der Waals surface area contributed by atoms with Crippen molar-refractivity contribution in [1.82, 2.24) is 0 Å². The van der Waals surface area contributed by atoms with Gasteiger partial charge in [0.05, 0.1) is 6.10 Å². The van der Waals surface area contributed by atoms with Gasteiger partial charge in [0.25, 0.3) is 0 Å². The molecule has 0 bridgehead atoms. The fourth-order valence-electron chi connectivity index (χ4n) is 2.63. The van der Waals surface area contributed by atoms with Crippen LogP contribution in [0.25, 0.3) is 0 Å². The van der Waals surface area contributed by atoms with Gasteiger partial charge in [-0.25, -0.2) is 0 Å². The number of aliphatic hydroxyl groups is 1. The second kappa shape index (κ2) is 17.3. The lowest BCUT2D eigenvalue weighted by Gasteiger charge is -2.05. The zero-order valence-corrected chi connectivity index (χ0v) is 14.2. The molecule has 0 saturated carbocycles. The van der Waals surface area contributed by atoms with Crippen molar-refractivity contribution in [1.29, 1.82) is 0 Å². The topological polar surface area (TPSA) is 20.2 Å². The van der Waals surface area contributed by atoms with Crippen LogP contribution in [-0.4, -0.2) is 11.2 Å². The van der Waals surface area contributed by atoms with E-state index in [-0.39, 0.29) is 6.10 Å². The lowest BCUT2D eigenvalue weighted by atomic mass is 10.0. The minimum atomic E-state index is -0.353. The Morgan fingerprint density at radius 1 is 0.810 bits per heavy atom. The Labute approximate surface area is 133 Å². The van der Waals surface area contributed by atoms with Crippen LogP contribution in [0.1, 0.15) is 96.8 Å².